The van der Waals surface area contributed by atoms with Crippen molar-refractivity contribution in [2.24, 2.45) is 7.05 Å². The number of carbonyl (C=O) groups excluding carboxylic acids is 1. The molecule has 0 bridgehead atoms. The van der Waals surface area contributed by atoms with E-state index in [1.807, 2.05) is 0 Å². The first-order valence-electron chi connectivity index (χ1n) is 9.86. The molecule has 0 saturated carbocycles. The summed E-state index contributed by atoms with van der Waals surface area (Å²) in [6.45, 7) is 0.831. The minimum atomic E-state index is -3.75. The predicted octanol–water partition coefficient (Wildman–Crippen LogP) is 2.32. The van der Waals surface area contributed by atoms with E-state index in [-0.39, 0.29) is 59.0 Å². The van der Waals surface area contributed by atoms with Gasteiger partial charge in [-0.2, -0.15) is 9.40 Å². The molecule has 3 aromatic rings. The first-order valence-corrected chi connectivity index (χ1v) is 12.1. The lowest BCUT2D eigenvalue weighted by atomic mass is 10.1. The van der Waals surface area contributed by atoms with Gasteiger partial charge in [-0.05, 0) is 24.3 Å². The molecule has 168 valence electrons. The van der Waals surface area contributed by atoms with Gasteiger partial charge in [0.05, 0.1) is 32.4 Å². The van der Waals surface area contributed by atoms with E-state index in [0.29, 0.717) is 16.5 Å². The van der Waals surface area contributed by atoms with Crippen LogP contribution in [0.15, 0.2) is 52.2 Å². The topological polar surface area (TPSA) is 92.6 Å². The smallest absolute Gasteiger partial charge is 0.274 e. The molecule has 4 rings (SSSR count). The Labute approximate surface area is 195 Å². The summed E-state index contributed by atoms with van der Waals surface area (Å²) in [6, 6.07) is 11.2. The van der Waals surface area contributed by atoms with Crippen LogP contribution in [0.4, 0.5) is 0 Å². The van der Waals surface area contributed by atoms with Crippen LogP contribution in [0.5, 0.6) is 0 Å². The van der Waals surface area contributed by atoms with Gasteiger partial charge in [-0.15, -0.1) is 0 Å². The van der Waals surface area contributed by atoms with Crippen molar-refractivity contribution in [3.63, 3.8) is 0 Å². The maximum absolute atomic E-state index is 12.9. The standard InChI is InChI=1S/C21H20Cl2N4O4S/c1-25-21(29)16-5-3-2-4-15(16)19(24-25)13-20(28)26-8-10-27(11-9-26)32(30,31)14-6-7-17(22)18(23)12-14/h2-7,12H,8-11,13H2,1H3. The Bertz CT molecular complexity index is 1370. The molecule has 0 aliphatic carbocycles. The molecule has 0 N–H and O–H groups in total. The fourth-order valence-corrected chi connectivity index (χ4v) is 5.54. The first-order chi connectivity index (χ1) is 15.2. The zero-order valence-corrected chi connectivity index (χ0v) is 19.5. The third kappa shape index (κ3) is 4.25. The Balaban J connectivity index is 1.48. The number of hydrogen-bond donors (Lipinski definition) is 0. The highest BCUT2D eigenvalue weighted by molar-refractivity contribution is 7.89. The summed E-state index contributed by atoms with van der Waals surface area (Å²) < 4.78 is 28.4. The summed E-state index contributed by atoms with van der Waals surface area (Å²) in [5.41, 5.74) is 0.288. The maximum Gasteiger partial charge on any atom is 0.274 e. The van der Waals surface area contributed by atoms with Crippen molar-refractivity contribution in [3.8, 4) is 0 Å². The van der Waals surface area contributed by atoms with E-state index in [1.165, 1.54) is 27.2 Å². The van der Waals surface area contributed by atoms with Gasteiger partial charge in [0, 0.05) is 38.6 Å². The maximum atomic E-state index is 12.9. The van der Waals surface area contributed by atoms with E-state index in [9.17, 15) is 18.0 Å². The van der Waals surface area contributed by atoms with Gasteiger partial charge in [0.15, 0.2) is 0 Å². The number of aromatic nitrogens is 2. The lowest BCUT2D eigenvalue weighted by Crippen LogP contribution is -2.51. The van der Waals surface area contributed by atoms with Crippen molar-refractivity contribution in [2.45, 2.75) is 11.3 Å². The lowest BCUT2D eigenvalue weighted by Gasteiger charge is -2.34. The van der Waals surface area contributed by atoms with Crippen LogP contribution in [-0.2, 0) is 28.3 Å². The number of nitrogens with zero attached hydrogens (tertiary/aromatic N) is 4. The van der Waals surface area contributed by atoms with E-state index in [2.05, 4.69) is 5.10 Å². The predicted molar refractivity (Wildman–Crippen MR) is 122 cm³/mol. The Hall–Kier alpha value is -2.46. The average molecular weight is 495 g/mol. The van der Waals surface area contributed by atoms with Crippen molar-refractivity contribution < 1.29 is 13.2 Å². The minimum Gasteiger partial charge on any atom is -0.340 e. The Morgan fingerprint density at radius 3 is 2.31 bits per heavy atom. The molecule has 1 fully saturated rings. The molecule has 0 radical (unpaired) electrons. The van der Waals surface area contributed by atoms with Crippen molar-refractivity contribution in [1.29, 1.82) is 0 Å². The van der Waals surface area contributed by atoms with Crippen LogP contribution in [0, 0.1) is 0 Å². The van der Waals surface area contributed by atoms with Crippen LogP contribution in [0.2, 0.25) is 10.0 Å². The van der Waals surface area contributed by atoms with Gasteiger partial charge in [-0.3, -0.25) is 9.59 Å². The van der Waals surface area contributed by atoms with Gasteiger partial charge in [-0.25, -0.2) is 13.1 Å². The molecule has 1 aliphatic heterocycles. The Kier molecular flexibility index (Phi) is 6.26. The molecule has 0 unspecified atom stereocenters. The summed E-state index contributed by atoms with van der Waals surface area (Å²) >= 11 is 11.9. The summed E-state index contributed by atoms with van der Waals surface area (Å²) in [4.78, 5) is 26.9. The van der Waals surface area contributed by atoms with E-state index < -0.39 is 10.0 Å². The second-order valence-electron chi connectivity index (χ2n) is 7.46. The van der Waals surface area contributed by atoms with E-state index in [4.69, 9.17) is 23.2 Å². The molecular weight excluding hydrogens is 475 g/mol. The number of carbonyl (C=O) groups is 1. The summed E-state index contributed by atoms with van der Waals surface area (Å²) in [6.07, 6.45) is 0.0220. The number of sulfonamides is 1. The van der Waals surface area contributed by atoms with Gasteiger partial charge in [0.1, 0.15) is 0 Å². The average Bonchev–Trinajstić information content (AvgIpc) is 2.79. The number of benzene rings is 2. The van der Waals surface area contributed by atoms with Gasteiger partial charge < -0.3 is 4.90 Å². The largest absolute Gasteiger partial charge is 0.340 e. The number of hydrogen-bond acceptors (Lipinski definition) is 5. The van der Waals surface area contributed by atoms with Crippen molar-refractivity contribution >= 4 is 49.9 Å². The molecule has 1 amide bonds. The molecule has 2 aromatic carbocycles. The highest BCUT2D eigenvalue weighted by Crippen LogP contribution is 2.27. The number of aryl methyl sites for hydroxylation is 1. The molecule has 0 atom stereocenters. The van der Waals surface area contributed by atoms with Crippen LogP contribution in [0.1, 0.15) is 5.69 Å². The second kappa shape index (κ2) is 8.82. The van der Waals surface area contributed by atoms with Gasteiger partial charge >= 0.3 is 0 Å². The van der Waals surface area contributed by atoms with E-state index >= 15 is 0 Å². The Morgan fingerprint density at radius 2 is 1.66 bits per heavy atom. The number of piperazine rings is 1. The molecule has 2 heterocycles. The zero-order valence-electron chi connectivity index (χ0n) is 17.2. The molecular formula is C21H20Cl2N4O4S. The van der Waals surface area contributed by atoms with Crippen LogP contribution in [0.25, 0.3) is 10.8 Å². The van der Waals surface area contributed by atoms with E-state index in [0.717, 1.165) is 0 Å². The third-order valence-corrected chi connectivity index (χ3v) is 8.11. The molecule has 0 spiro atoms. The van der Waals surface area contributed by atoms with Gasteiger partial charge in [-0.1, -0.05) is 41.4 Å². The number of fused-ring (bicyclic) bond motifs is 1. The number of amides is 1. The van der Waals surface area contributed by atoms with Crippen LogP contribution < -0.4 is 5.56 Å². The minimum absolute atomic E-state index is 0.0220. The Morgan fingerprint density at radius 1 is 1.00 bits per heavy atom. The lowest BCUT2D eigenvalue weighted by molar-refractivity contribution is -0.131. The van der Waals surface area contributed by atoms with Crippen LogP contribution in [-0.4, -0.2) is 59.5 Å². The molecule has 11 heteroatoms. The summed E-state index contributed by atoms with van der Waals surface area (Å²) in [5.74, 6) is -0.173. The van der Waals surface area contributed by atoms with Crippen LogP contribution >= 0.6 is 23.2 Å². The molecule has 32 heavy (non-hydrogen) atoms. The van der Waals surface area contributed by atoms with E-state index in [1.54, 1.807) is 36.2 Å². The molecule has 1 aliphatic rings. The monoisotopic (exact) mass is 494 g/mol. The van der Waals surface area contributed by atoms with Crippen molar-refractivity contribution in [3.05, 3.63) is 68.6 Å². The number of halogens is 2. The summed E-state index contributed by atoms with van der Waals surface area (Å²) in [5, 5.41) is 5.86. The van der Waals surface area contributed by atoms with Gasteiger partial charge in [0.25, 0.3) is 5.56 Å². The highest BCUT2D eigenvalue weighted by atomic mass is 35.5. The van der Waals surface area contributed by atoms with Crippen molar-refractivity contribution in [1.82, 2.24) is 19.0 Å². The fourth-order valence-electron chi connectivity index (χ4n) is 3.73. The first kappa shape index (κ1) is 22.7. The quantitative estimate of drug-likeness (QED) is 0.554. The number of rotatable bonds is 4. The molecule has 1 saturated heterocycles. The summed E-state index contributed by atoms with van der Waals surface area (Å²) in [7, 11) is -2.20. The molecule has 1 aromatic heterocycles. The van der Waals surface area contributed by atoms with Crippen molar-refractivity contribution in [2.75, 3.05) is 26.2 Å². The van der Waals surface area contributed by atoms with Crippen LogP contribution in [0.3, 0.4) is 0 Å². The normalized spacial score (nSPS) is 15.3. The van der Waals surface area contributed by atoms with Gasteiger partial charge in [0.2, 0.25) is 15.9 Å². The third-order valence-electron chi connectivity index (χ3n) is 5.47. The second-order valence-corrected chi connectivity index (χ2v) is 10.2. The highest BCUT2D eigenvalue weighted by Gasteiger charge is 2.30. The fraction of sp³-hybridized carbons (Fsp3) is 0.286. The molecule has 8 nitrogen and oxygen atoms in total. The SMILES string of the molecule is Cn1nc(CC(=O)N2CCN(S(=O)(=O)c3ccc(Cl)c(Cl)c3)CC2)c2ccccc2c1=O. The zero-order chi connectivity index (χ0) is 23.0.